The lowest BCUT2D eigenvalue weighted by atomic mass is 9.87. The summed E-state index contributed by atoms with van der Waals surface area (Å²) in [7, 11) is 0. The number of anilines is 1. The number of aromatic nitrogens is 1. The van der Waals surface area contributed by atoms with E-state index in [4.69, 9.17) is 17.2 Å². The van der Waals surface area contributed by atoms with Gasteiger partial charge in [0.15, 0.2) is 16.1 Å². The summed E-state index contributed by atoms with van der Waals surface area (Å²) in [6, 6.07) is 12.9. The van der Waals surface area contributed by atoms with Gasteiger partial charge in [0.1, 0.15) is 17.3 Å². The average Bonchev–Trinajstić information content (AvgIpc) is 2.91. The number of ketones is 1. The summed E-state index contributed by atoms with van der Waals surface area (Å²) < 4.78 is 28.2. The summed E-state index contributed by atoms with van der Waals surface area (Å²) >= 11 is 2.98. The van der Waals surface area contributed by atoms with Crippen molar-refractivity contribution < 1.29 is 13.6 Å². The van der Waals surface area contributed by atoms with Crippen molar-refractivity contribution >= 4 is 45.3 Å². The number of halogens is 2. The number of Topliss-reactive ketones (excluding diaryl/α,β-unsaturated/α-hetero) is 1. The van der Waals surface area contributed by atoms with E-state index in [0.29, 0.717) is 39.3 Å². The van der Waals surface area contributed by atoms with E-state index in [-0.39, 0.29) is 23.8 Å². The smallest absolute Gasteiger partial charge is 0.185 e. The van der Waals surface area contributed by atoms with Crippen LogP contribution in [0.3, 0.4) is 0 Å². The largest absolute Gasteiger partial charge is 0.399 e. The molecule has 0 aliphatic carbocycles. The summed E-state index contributed by atoms with van der Waals surface area (Å²) in [5, 5.41) is 0.981. The van der Waals surface area contributed by atoms with Crippen LogP contribution in [0.2, 0.25) is 0 Å². The van der Waals surface area contributed by atoms with Gasteiger partial charge in [0.2, 0.25) is 0 Å². The van der Waals surface area contributed by atoms with Crippen LogP contribution in [0, 0.1) is 18.6 Å². The number of hydrogen-bond donors (Lipinski definition) is 3. The van der Waals surface area contributed by atoms with E-state index in [1.165, 1.54) is 35.7 Å². The molecule has 11 heteroatoms. The van der Waals surface area contributed by atoms with Crippen LogP contribution in [-0.2, 0) is 17.5 Å². The third kappa shape index (κ3) is 7.45. The number of amidine groups is 2. The summed E-state index contributed by atoms with van der Waals surface area (Å²) in [4.78, 5) is 25.4. The zero-order chi connectivity index (χ0) is 29.8. The van der Waals surface area contributed by atoms with Crippen LogP contribution in [0.1, 0.15) is 59.4 Å². The zero-order valence-electron chi connectivity index (χ0n) is 23.3. The predicted octanol–water partition coefficient (Wildman–Crippen LogP) is 5.70. The second-order valence-electron chi connectivity index (χ2n) is 10.5. The van der Waals surface area contributed by atoms with Gasteiger partial charge in [-0.3, -0.25) is 19.8 Å². The molecule has 0 bridgehead atoms. The summed E-state index contributed by atoms with van der Waals surface area (Å²) in [6.45, 7) is 5.69. The van der Waals surface area contributed by atoms with Crippen LogP contribution in [0.25, 0.3) is 0 Å². The second-order valence-corrected chi connectivity index (χ2v) is 12.7. The number of carbonyl (C=O) groups excluding carboxylic acids is 1. The fourth-order valence-corrected chi connectivity index (χ4v) is 6.67. The van der Waals surface area contributed by atoms with E-state index in [9.17, 15) is 13.6 Å². The van der Waals surface area contributed by atoms with E-state index in [1.807, 2.05) is 26.8 Å². The Balaban J connectivity index is 0.000000208. The molecule has 2 aromatic carbocycles. The highest BCUT2D eigenvalue weighted by atomic mass is 32.2. The first-order valence-electron chi connectivity index (χ1n) is 13.1. The first-order chi connectivity index (χ1) is 19.4. The summed E-state index contributed by atoms with van der Waals surface area (Å²) in [6.07, 6.45) is 3.31. The van der Waals surface area contributed by atoms with Gasteiger partial charge in [0, 0.05) is 40.9 Å². The van der Waals surface area contributed by atoms with Gasteiger partial charge >= 0.3 is 0 Å². The Morgan fingerprint density at radius 1 is 0.854 bits per heavy atom. The Morgan fingerprint density at radius 2 is 1.41 bits per heavy atom. The molecular weight excluding hydrogens is 563 g/mol. The first kappa shape index (κ1) is 30.5. The fourth-order valence-electron chi connectivity index (χ4n) is 4.72. The second kappa shape index (κ2) is 12.6. The highest BCUT2D eigenvalue weighted by molar-refractivity contribution is 8.14. The Labute approximate surface area is 247 Å². The number of nitrogens with zero attached hydrogens (tertiary/aromatic N) is 3. The number of hydrogen-bond acceptors (Lipinski definition) is 9. The minimum atomic E-state index is -0.694. The Hall–Kier alpha value is -3.44. The van der Waals surface area contributed by atoms with Crippen LogP contribution in [0.4, 0.5) is 14.5 Å². The van der Waals surface area contributed by atoms with Gasteiger partial charge < -0.3 is 17.2 Å². The minimum Gasteiger partial charge on any atom is -0.399 e. The number of nitrogen functional groups attached to an aromatic ring is 1. The van der Waals surface area contributed by atoms with Crippen molar-refractivity contribution in [3.63, 3.8) is 0 Å². The number of pyridine rings is 1. The third-order valence-electron chi connectivity index (χ3n) is 7.13. The molecule has 2 atom stereocenters. The Kier molecular flexibility index (Phi) is 9.38. The van der Waals surface area contributed by atoms with Gasteiger partial charge in [-0.2, -0.15) is 0 Å². The normalized spacial score (nSPS) is 22.2. The van der Waals surface area contributed by atoms with E-state index >= 15 is 0 Å². The number of thioether (sulfide) groups is 2. The lowest BCUT2D eigenvalue weighted by Crippen LogP contribution is -2.29. The molecule has 0 saturated carbocycles. The molecule has 0 amide bonds. The standard InChI is InChI=1S/C19H20FN3OS.C11H14FN3S/c1-12-3-6-16(22-11-12)17(24)10-13-4-5-15(20)14(9-13)19(2)7-8-25-18(21)23-19;1-11(4-5-16-10(14)15-11)8-6-7(13)2-3-9(8)12/h3-6,9,11H,7-8,10H2,1-2H3,(H2,21,23);2-3,6H,4-5,13H2,1H3,(H2,14,15)/t19-;11-/m00/s1. The fraction of sp³-hybridized carbons (Fsp3) is 0.333. The number of carbonyl (C=O) groups is 1. The van der Waals surface area contributed by atoms with E-state index in [0.717, 1.165) is 29.1 Å². The topological polar surface area (TPSA) is 133 Å². The van der Waals surface area contributed by atoms with Gasteiger partial charge in [0.05, 0.1) is 11.1 Å². The molecule has 41 heavy (non-hydrogen) atoms. The molecule has 7 nitrogen and oxygen atoms in total. The highest BCUT2D eigenvalue weighted by Crippen LogP contribution is 2.38. The van der Waals surface area contributed by atoms with E-state index in [1.54, 1.807) is 36.5 Å². The molecule has 0 spiro atoms. The van der Waals surface area contributed by atoms with E-state index < -0.39 is 11.1 Å². The van der Waals surface area contributed by atoms with Gasteiger partial charge in [-0.25, -0.2) is 8.78 Å². The molecule has 216 valence electrons. The maximum absolute atomic E-state index is 14.4. The number of benzene rings is 2. The molecule has 0 saturated heterocycles. The Morgan fingerprint density at radius 3 is 1.95 bits per heavy atom. The van der Waals surface area contributed by atoms with Crippen molar-refractivity contribution in [1.29, 1.82) is 0 Å². The molecule has 2 aliphatic rings. The SMILES string of the molecule is C[C@@]1(c2cc(N)ccc2F)CCSC(N)=N1.Cc1ccc(C(=O)Cc2ccc(F)c([C@]3(C)CCSC(N)=N3)c2)nc1. The van der Waals surface area contributed by atoms with Crippen molar-refractivity contribution in [3.8, 4) is 0 Å². The molecule has 2 aliphatic heterocycles. The van der Waals surface area contributed by atoms with Gasteiger partial charge in [-0.05, 0) is 81.1 Å². The number of nitrogens with two attached hydrogens (primary N) is 3. The Bertz CT molecular complexity index is 1500. The maximum atomic E-state index is 14.4. The molecular formula is C30H34F2N6OS2. The zero-order valence-corrected chi connectivity index (χ0v) is 24.9. The predicted molar refractivity (Wildman–Crippen MR) is 166 cm³/mol. The van der Waals surface area contributed by atoms with Crippen molar-refractivity contribution in [3.05, 3.63) is 94.3 Å². The van der Waals surface area contributed by atoms with Gasteiger partial charge in [-0.15, -0.1) is 0 Å². The molecule has 6 N–H and O–H groups in total. The van der Waals surface area contributed by atoms with Crippen molar-refractivity contribution in [1.82, 2.24) is 4.98 Å². The molecule has 0 fully saturated rings. The van der Waals surface area contributed by atoms with Crippen LogP contribution in [0.15, 0.2) is 64.7 Å². The minimum absolute atomic E-state index is 0.0927. The van der Waals surface area contributed by atoms with Crippen molar-refractivity contribution in [2.45, 2.75) is 51.1 Å². The monoisotopic (exact) mass is 596 g/mol. The number of rotatable bonds is 5. The van der Waals surface area contributed by atoms with Gasteiger partial charge in [0.25, 0.3) is 0 Å². The highest BCUT2D eigenvalue weighted by Gasteiger charge is 2.33. The van der Waals surface area contributed by atoms with Crippen LogP contribution >= 0.6 is 23.5 Å². The molecule has 3 heterocycles. The lowest BCUT2D eigenvalue weighted by molar-refractivity contribution is 0.0988. The molecule has 0 unspecified atom stereocenters. The first-order valence-corrected chi connectivity index (χ1v) is 15.1. The molecule has 1 aromatic heterocycles. The summed E-state index contributed by atoms with van der Waals surface area (Å²) in [5.41, 5.74) is 19.6. The molecule has 5 rings (SSSR count). The quantitative estimate of drug-likeness (QED) is 0.254. The third-order valence-corrected chi connectivity index (χ3v) is 8.73. The lowest BCUT2D eigenvalue weighted by Gasteiger charge is -2.30. The van der Waals surface area contributed by atoms with E-state index in [2.05, 4.69) is 15.0 Å². The van der Waals surface area contributed by atoms with Crippen molar-refractivity contribution in [2.75, 3.05) is 17.2 Å². The number of aliphatic imine (C=N–C) groups is 2. The van der Waals surface area contributed by atoms with Crippen molar-refractivity contribution in [2.24, 2.45) is 21.5 Å². The molecule has 3 aromatic rings. The van der Waals surface area contributed by atoms with Gasteiger partial charge in [-0.1, -0.05) is 35.7 Å². The maximum Gasteiger partial charge on any atom is 0.185 e. The number of aryl methyl sites for hydroxylation is 1. The van der Waals surface area contributed by atoms with Crippen LogP contribution < -0.4 is 17.2 Å². The van der Waals surface area contributed by atoms with Crippen LogP contribution in [0.5, 0.6) is 0 Å². The van der Waals surface area contributed by atoms with Crippen LogP contribution in [-0.4, -0.2) is 32.6 Å². The summed E-state index contributed by atoms with van der Waals surface area (Å²) in [5.74, 6) is 0.947. The molecule has 0 radical (unpaired) electrons. The average molecular weight is 597 g/mol.